The summed E-state index contributed by atoms with van der Waals surface area (Å²) in [6.07, 6.45) is 1.15. The second-order valence-electron chi connectivity index (χ2n) is 1.66. The lowest BCUT2D eigenvalue weighted by molar-refractivity contribution is -0.0719. The molecule has 0 atom stereocenters. The average Bonchev–Trinajstić information content (AvgIpc) is 2.00. The van der Waals surface area contributed by atoms with E-state index in [1.807, 2.05) is 6.07 Å². The first-order chi connectivity index (χ1) is 4.79. The van der Waals surface area contributed by atoms with Gasteiger partial charge >= 0.3 is 0 Å². The molecular formula is C7H11NO2. The summed E-state index contributed by atoms with van der Waals surface area (Å²) < 4.78 is 9.66. The number of ether oxygens (including phenoxy) is 2. The van der Waals surface area contributed by atoms with Crippen LogP contribution in [0.1, 0.15) is 6.92 Å². The zero-order valence-electron chi connectivity index (χ0n) is 6.42. The van der Waals surface area contributed by atoms with Crippen LogP contribution in [0.3, 0.4) is 0 Å². The van der Waals surface area contributed by atoms with E-state index in [1.165, 1.54) is 14.2 Å². The van der Waals surface area contributed by atoms with Crippen LogP contribution in [-0.4, -0.2) is 20.5 Å². The van der Waals surface area contributed by atoms with Gasteiger partial charge < -0.3 is 9.47 Å². The van der Waals surface area contributed by atoms with Crippen LogP contribution < -0.4 is 0 Å². The van der Waals surface area contributed by atoms with E-state index in [2.05, 4.69) is 0 Å². The van der Waals surface area contributed by atoms with Crippen LogP contribution >= 0.6 is 0 Å². The van der Waals surface area contributed by atoms with Gasteiger partial charge in [-0.1, -0.05) is 6.08 Å². The highest BCUT2D eigenvalue weighted by atomic mass is 16.7. The summed E-state index contributed by atoms with van der Waals surface area (Å²) in [4.78, 5) is 0. The number of hydrogen-bond acceptors (Lipinski definition) is 3. The second kappa shape index (κ2) is 4.98. The smallest absolute Gasteiger partial charge is 0.192 e. The minimum atomic E-state index is -0.519. The monoisotopic (exact) mass is 141 g/mol. The van der Waals surface area contributed by atoms with Gasteiger partial charge in [0.1, 0.15) is 0 Å². The highest BCUT2D eigenvalue weighted by molar-refractivity contribution is 5.22. The van der Waals surface area contributed by atoms with E-state index in [9.17, 15) is 0 Å². The first-order valence-electron chi connectivity index (χ1n) is 2.92. The molecule has 56 valence electrons. The van der Waals surface area contributed by atoms with Crippen molar-refractivity contribution in [1.82, 2.24) is 0 Å². The van der Waals surface area contributed by atoms with Crippen LogP contribution in [0.5, 0.6) is 0 Å². The van der Waals surface area contributed by atoms with Crippen molar-refractivity contribution in [3.63, 3.8) is 0 Å². The number of rotatable bonds is 3. The summed E-state index contributed by atoms with van der Waals surface area (Å²) in [5.74, 6) is 0. The van der Waals surface area contributed by atoms with Gasteiger partial charge in [-0.3, -0.25) is 0 Å². The van der Waals surface area contributed by atoms with E-state index in [1.54, 1.807) is 13.0 Å². The maximum atomic E-state index is 8.48. The van der Waals surface area contributed by atoms with Crippen molar-refractivity contribution in [3.8, 4) is 6.07 Å². The molecule has 0 aliphatic carbocycles. The molecule has 0 amide bonds. The summed E-state index contributed by atoms with van der Waals surface area (Å²) in [5.41, 5.74) is 0.491. The number of hydrogen-bond donors (Lipinski definition) is 0. The fraction of sp³-hybridized carbons (Fsp3) is 0.571. The molecule has 3 nitrogen and oxygen atoms in total. The molecule has 0 saturated carbocycles. The summed E-state index contributed by atoms with van der Waals surface area (Å²) in [6.45, 7) is 1.77. The standard InChI is InChI=1S/C7H11NO2/c1-4-6(5-8)7(9-2)10-3/h4,7H,1-3H3. The van der Waals surface area contributed by atoms with E-state index in [0.717, 1.165) is 0 Å². The molecule has 0 aliphatic rings. The SMILES string of the molecule is CC=C(C#N)C(OC)OC. The van der Waals surface area contributed by atoms with Gasteiger partial charge in [0.05, 0.1) is 11.6 Å². The second-order valence-corrected chi connectivity index (χ2v) is 1.66. The molecule has 0 N–H and O–H groups in total. The minimum Gasteiger partial charge on any atom is -0.351 e. The molecule has 0 rings (SSSR count). The Kier molecular flexibility index (Phi) is 4.55. The van der Waals surface area contributed by atoms with Gasteiger partial charge in [-0.25, -0.2) is 0 Å². The third-order valence-corrected chi connectivity index (χ3v) is 1.12. The molecule has 0 aromatic carbocycles. The van der Waals surface area contributed by atoms with Crippen molar-refractivity contribution in [2.24, 2.45) is 0 Å². The predicted molar refractivity (Wildman–Crippen MR) is 37.2 cm³/mol. The van der Waals surface area contributed by atoms with Gasteiger partial charge in [-0.2, -0.15) is 5.26 Å². The van der Waals surface area contributed by atoms with Gasteiger partial charge in [0.2, 0.25) is 0 Å². The molecule has 0 aromatic rings. The lowest BCUT2D eigenvalue weighted by Crippen LogP contribution is -2.14. The molecule has 3 heteroatoms. The molecule has 0 aliphatic heterocycles. The topological polar surface area (TPSA) is 42.2 Å². The molecule has 10 heavy (non-hydrogen) atoms. The Morgan fingerprint density at radius 3 is 2.10 bits per heavy atom. The van der Waals surface area contributed by atoms with Crippen LogP contribution in [0.4, 0.5) is 0 Å². The number of methoxy groups -OCH3 is 2. The molecule has 0 fully saturated rings. The summed E-state index contributed by atoms with van der Waals surface area (Å²) in [6, 6.07) is 1.96. The molecular weight excluding hydrogens is 130 g/mol. The van der Waals surface area contributed by atoms with Crippen LogP contribution in [0.25, 0.3) is 0 Å². The van der Waals surface area contributed by atoms with E-state index in [-0.39, 0.29) is 0 Å². The molecule has 0 unspecified atom stereocenters. The highest BCUT2D eigenvalue weighted by Gasteiger charge is 2.09. The van der Waals surface area contributed by atoms with Crippen molar-refractivity contribution in [2.45, 2.75) is 13.2 Å². The Bertz CT molecular complexity index is 153. The third-order valence-electron chi connectivity index (χ3n) is 1.12. The lowest BCUT2D eigenvalue weighted by Gasteiger charge is -2.10. The zero-order valence-corrected chi connectivity index (χ0v) is 6.42. The fourth-order valence-corrected chi connectivity index (χ4v) is 0.603. The highest BCUT2D eigenvalue weighted by Crippen LogP contribution is 2.04. The summed E-state index contributed by atoms with van der Waals surface area (Å²) >= 11 is 0. The van der Waals surface area contributed by atoms with Gasteiger partial charge in [-0.15, -0.1) is 0 Å². The summed E-state index contributed by atoms with van der Waals surface area (Å²) in [7, 11) is 2.99. The Morgan fingerprint density at radius 1 is 1.50 bits per heavy atom. The first kappa shape index (κ1) is 9.15. The molecule has 0 radical (unpaired) electrons. The van der Waals surface area contributed by atoms with Crippen LogP contribution in [0.2, 0.25) is 0 Å². The van der Waals surface area contributed by atoms with Gasteiger partial charge in [0.25, 0.3) is 0 Å². The largest absolute Gasteiger partial charge is 0.351 e. The molecule has 0 spiro atoms. The molecule has 0 aromatic heterocycles. The third kappa shape index (κ3) is 2.18. The Labute approximate surface area is 60.9 Å². The maximum Gasteiger partial charge on any atom is 0.192 e. The lowest BCUT2D eigenvalue weighted by atomic mass is 10.3. The Hall–Kier alpha value is -0.850. The van der Waals surface area contributed by atoms with E-state index in [0.29, 0.717) is 5.57 Å². The van der Waals surface area contributed by atoms with E-state index in [4.69, 9.17) is 14.7 Å². The Morgan fingerprint density at radius 2 is 2.00 bits per heavy atom. The van der Waals surface area contributed by atoms with Gasteiger partial charge in [-0.05, 0) is 6.92 Å². The predicted octanol–water partition coefficient (Wildman–Crippen LogP) is 1.08. The van der Waals surface area contributed by atoms with Crippen molar-refractivity contribution in [2.75, 3.05) is 14.2 Å². The Balaban J connectivity index is 4.14. The van der Waals surface area contributed by atoms with Crippen molar-refractivity contribution < 1.29 is 9.47 Å². The average molecular weight is 141 g/mol. The summed E-state index contributed by atoms with van der Waals surface area (Å²) in [5, 5.41) is 8.48. The number of nitrogens with zero attached hydrogens (tertiary/aromatic N) is 1. The van der Waals surface area contributed by atoms with Crippen LogP contribution in [0.15, 0.2) is 11.6 Å². The molecule has 0 heterocycles. The molecule has 0 bridgehead atoms. The van der Waals surface area contributed by atoms with Crippen LogP contribution in [0, 0.1) is 11.3 Å². The van der Waals surface area contributed by atoms with Crippen molar-refractivity contribution >= 4 is 0 Å². The first-order valence-corrected chi connectivity index (χ1v) is 2.92. The minimum absolute atomic E-state index is 0.491. The van der Waals surface area contributed by atoms with Crippen molar-refractivity contribution in [1.29, 1.82) is 5.26 Å². The quantitative estimate of drug-likeness (QED) is 0.436. The number of nitriles is 1. The van der Waals surface area contributed by atoms with Crippen molar-refractivity contribution in [3.05, 3.63) is 11.6 Å². The number of allylic oxidation sites excluding steroid dienone is 1. The normalized spacial score (nSPS) is 11.7. The maximum absolute atomic E-state index is 8.48. The van der Waals surface area contributed by atoms with Gasteiger partial charge in [0.15, 0.2) is 6.29 Å². The fourth-order valence-electron chi connectivity index (χ4n) is 0.603. The van der Waals surface area contributed by atoms with E-state index >= 15 is 0 Å². The zero-order chi connectivity index (χ0) is 7.98. The van der Waals surface area contributed by atoms with E-state index < -0.39 is 6.29 Å². The van der Waals surface area contributed by atoms with Gasteiger partial charge in [0, 0.05) is 14.2 Å². The molecule has 0 saturated heterocycles. The van der Waals surface area contributed by atoms with Crippen LogP contribution in [-0.2, 0) is 9.47 Å².